The zero-order valence-corrected chi connectivity index (χ0v) is 23.5. The molecule has 0 heterocycles. The Morgan fingerprint density at radius 3 is 1.87 bits per heavy atom. The zero-order chi connectivity index (χ0) is 21.3. The van der Waals surface area contributed by atoms with E-state index in [1.165, 1.54) is 77.0 Å². The second-order valence-electron chi connectivity index (χ2n) is 8.81. The fourth-order valence-electron chi connectivity index (χ4n) is 4.51. The van der Waals surface area contributed by atoms with Gasteiger partial charge in [-0.25, -0.2) is 0 Å². The quantitative estimate of drug-likeness (QED) is 0.178. The largest absolute Gasteiger partial charge is 0.390 e. The molecule has 6 heteroatoms. The van der Waals surface area contributed by atoms with Crippen LogP contribution in [0.5, 0.6) is 0 Å². The molecule has 0 aromatic carbocycles. The van der Waals surface area contributed by atoms with Crippen LogP contribution in [0.1, 0.15) is 103 Å². The van der Waals surface area contributed by atoms with Crippen LogP contribution in [0.25, 0.3) is 0 Å². The number of unbranched alkanes of at least 4 members (excludes halogenated alkanes) is 12. The van der Waals surface area contributed by atoms with Gasteiger partial charge in [0.25, 0.3) is 0 Å². The maximum atomic E-state index is 10.4. The molecule has 0 aliphatic heterocycles. The molecule has 4 atom stereocenters. The first kappa shape index (κ1) is 30.9. The van der Waals surface area contributed by atoms with Crippen LogP contribution >= 0.6 is 12.2 Å². The van der Waals surface area contributed by atoms with Crippen LogP contribution in [0, 0.1) is 5.92 Å². The first-order chi connectivity index (χ1) is 14.1. The van der Waals surface area contributed by atoms with Gasteiger partial charge in [0, 0.05) is 52.8 Å². The van der Waals surface area contributed by atoms with Crippen molar-refractivity contribution in [3.63, 3.8) is 0 Å². The first-order valence-corrected chi connectivity index (χ1v) is 12.5. The summed E-state index contributed by atoms with van der Waals surface area (Å²) in [6, 6.07) is 0.0876. The number of nitrogens with one attached hydrogen (secondary N) is 1. The van der Waals surface area contributed by atoms with Crippen molar-refractivity contribution in [2.45, 2.75) is 121 Å². The maximum Gasteiger partial charge on any atom is 0.103 e. The Balaban J connectivity index is 0.00000841. The molecule has 175 valence electrons. The molecule has 0 amide bonds. The summed E-state index contributed by atoms with van der Waals surface area (Å²) >= 11 is 5.54. The number of hydrogen-bond donors (Lipinski definition) is 2. The molecule has 1 unspecified atom stereocenters. The number of aliphatic hydroxyl groups is 1. The molecule has 1 fully saturated rings. The molecule has 0 bridgehead atoms. The van der Waals surface area contributed by atoms with Crippen molar-refractivity contribution >= 4 is 17.2 Å². The van der Waals surface area contributed by atoms with E-state index < -0.39 is 6.10 Å². The Kier molecular flexibility index (Phi) is 21.1. The molecular weight excluding hydrogens is 471 g/mol. The van der Waals surface area contributed by atoms with Crippen molar-refractivity contribution in [2.75, 3.05) is 20.8 Å². The molecule has 0 spiro atoms. The number of hydrogen-bond acceptors (Lipinski definition) is 4. The molecule has 1 radical (unpaired) electrons. The minimum atomic E-state index is -0.489. The van der Waals surface area contributed by atoms with E-state index in [1.54, 1.807) is 14.2 Å². The minimum absolute atomic E-state index is 0. The summed E-state index contributed by atoms with van der Waals surface area (Å²) in [5, 5.41) is 13.8. The second-order valence-corrected chi connectivity index (χ2v) is 9.30. The number of aliphatic hydroxyl groups excluding tert-OH is 1. The topological polar surface area (TPSA) is 50.7 Å². The number of methoxy groups -OCH3 is 2. The van der Waals surface area contributed by atoms with Crippen LogP contribution in [-0.2, 0) is 42.2 Å². The normalized spacial score (nSPS) is 23.3. The van der Waals surface area contributed by atoms with Crippen LogP contribution in [-0.4, -0.2) is 49.2 Å². The van der Waals surface area contributed by atoms with Crippen LogP contribution in [0.2, 0.25) is 0 Å². The van der Waals surface area contributed by atoms with Gasteiger partial charge in [-0.1, -0.05) is 96.2 Å². The Hall–Kier alpha value is 0.874. The van der Waals surface area contributed by atoms with Crippen LogP contribution in [0.4, 0.5) is 0 Å². The third-order valence-electron chi connectivity index (χ3n) is 6.28. The van der Waals surface area contributed by atoms with Gasteiger partial charge in [-0.3, -0.25) is 0 Å². The summed E-state index contributed by atoms with van der Waals surface area (Å²) in [4.78, 5) is 0.908. The van der Waals surface area contributed by atoms with Gasteiger partial charge >= 0.3 is 0 Å². The molecule has 4 nitrogen and oxygen atoms in total. The van der Waals surface area contributed by atoms with Crippen molar-refractivity contribution in [2.24, 2.45) is 5.92 Å². The summed E-state index contributed by atoms with van der Waals surface area (Å²) in [6.07, 6.45) is 18.8. The van der Waals surface area contributed by atoms with Crippen molar-refractivity contribution in [3.05, 3.63) is 0 Å². The number of rotatable bonds is 18. The Labute approximate surface area is 216 Å². The van der Waals surface area contributed by atoms with Gasteiger partial charge in [0.05, 0.1) is 23.7 Å². The fraction of sp³-hybridized carbons (Fsp3) is 0.958. The van der Waals surface area contributed by atoms with E-state index in [2.05, 4.69) is 12.2 Å². The number of ether oxygens (including phenoxy) is 2. The van der Waals surface area contributed by atoms with Crippen molar-refractivity contribution in [1.29, 1.82) is 0 Å². The van der Waals surface area contributed by atoms with Crippen LogP contribution in [0.3, 0.4) is 0 Å². The molecule has 1 aliphatic rings. The molecule has 1 saturated carbocycles. The first-order valence-electron chi connectivity index (χ1n) is 12.1. The predicted molar refractivity (Wildman–Crippen MR) is 127 cm³/mol. The molecule has 0 aromatic heterocycles. The molecule has 0 aromatic rings. The second kappa shape index (κ2) is 20.5. The molecule has 2 N–H and O–H groups in total. The number of thiocarbonyl (C=S) groups is 1. The van der Waals surface area contributed by atoms with Gasteiger partial charge in [0.2, 0.25) is 0 Å². The van der Waals surface area contributed by atoms with E-state index in [4.69, 9.17) is 21.7 Å². The average molecular weight is 519 g/mol. The minimum Gasteiger partial charge on any atom is -0.390 e. The van der Waals surface area contributed by atoms with Gasteiger partial charge in [0.1, 0.15) is 6.10 Å². The molecule has 1 rings (SSSR count). The van der Waals surface area contributed by atoms with Gasteiger partial charge in [0.15, 0.2) is 0 Å². The Bertz CT molecular complexity index is 414. The van der Waals surface area contributed by atoms with Crippen molar-refractivity contribution in [3.8, 4) is 0 Å². The van der Waals surface area contributed by atoms with Crippen LogP contribution < -0.4 is 5.32 Å². The SMILES string of the molecule is CCCCCCCCCCCCCCCC(=S)N[C@@H]1C[C@H](COC)C(O)[C@@H]1OC.[Y]. The van der Waals surface area contributed by atoms with Crippen LogP contribution in [0.15, 0.2) is 0 Å². The Morgan fingerprint density at radius 2 is 1.40 bits per heavy atom. The average Bonchev–Trinajstić information content (AvgIpc) is 3.00. The fourth-order valence-corrected chi connectivity index (χ4v) is 4.81. The van der Waals surface area contributed by atoms with E-state index in [1.807, 2.05) is 0 Å². The smallest absolute Gasteiger partial charge is 0.103 e. The Morgan fingerprint density at radius 1 is 0.900 bits per heavy atom. The predicted octanol–water partition coefficient (Wildman–Crippen LogP) is 5.79. The third-order valence-corrected chi connectivity index (χ3v) is 6.60. The van der Waals surface area contributed by atoms with Crippen molar-refractivity contribution < 1.29 is 47.3 Å². The van der Waals surface area contributed by atoms with E-state index in [0.717, 1.165) is 24.3 Å². The van der Waals surface area contributed by atoms with Gasteiger partial charge in [-0.05, 0) is 19.3 Å². The molecular formula is C24H47NO3SY. The molecule has 0 saturated heterocycles. The van der Waals surface area contributed by atoms with Crippen molar-refractivity contribution in [1.82, 2.24) is 5.32 Å². The van der Waals surface area contributed by atoms with Gasteiger partial charge < -0.3 is 19.9 Å². The third kappa shape index (κ3) is 13.4. The maximum absolute atomic E-state index is 10.4. The molecule has 1 aliphatic carbocycles. The zero-order valence-electron chi connectivity index (χ0n) is 19.9. The summed E-state index contributed by atoms with van der Waals surface area (Å²) < 4.78 is 10.7. The monoisotopic (exact) mass is 518 g/mol. The van der Waals surface area contributed by atoms with Gasteiger partial charge in [-0.2, -0.15) is 0 Å². The molecule has 30 heavy (non-hydrogen) atoms. The van der Waals surface area contributed by atoms with E-state index >= 15 is 0 Å². The summed E-state index contributed by atoms with van der Waals surface area (Å²) in [5.41, 5.74) is 0. The summed E-state index contributed by atoms with van der Waals surface area (Å²) in [7, 11) is 3.34. The van der Waals surface area contributed by atoms with E-state index in [0.29, 0.717) is 6.61 Å². The summed E-state index contributed by atoms with van der Waals surface area (Å²) in [6.45, 7) is 2.84. The summed E-state index contributed by atoms with van der Waals surface area (Å²) in [5.74, 6) is 0.113. The van der Waals surface area contributed by atoms with E-state index in [9.17, 15) is 5.11 Å². The van der Waals surface area contributed by atoms with Gasteiger partial charge in [-0.15, -0.1) is 0 Å². The standard InChI is InChI=1S/C24H47NO3S.Y/c1-4-5-6-7-8-9-10-11-12-13-14-15-16-17-22(29)25-21-18-20(19-27-2)23(26)24(21)28-3;/h20-21,23-24,26H,4-19H2,1-3H3,(H,25,29);/t20-,21-,23?,24-;/m1./s1. The van der Waals surface area contributed by atoms with E-state index in [-0.39, 0.29) is 50.8 Å².